The van der Waals surface area contributed by atoms with Crippen LogP contribution in [0.15, 0.2) is 116 Å². The first-order valence-corrected chi connectivity index (χ1v) is 17.3. The van der Waals surface area contributed by atoms with Crippen LogP contribution in [0.1, 0.15) is 21.0 Å². The predicted octanol–water partition coefficient (Wildman–Crippen LogP) is 7.30. The van der Waals surface area contributed by atoms with E-state index in [9.17, 15) is 42.6 Å². The van der Waals surface area contributed by atoms with Gasteiger partial charge in [-0.15, -0.1) is 0 Å². The summed E-state index contributed by atoms with van der Waals surface area (Å²) in [4.78, 5) is 52.9. The molecule has 0 unspecified atom stereocenters. The highest BCUT2D eigenvalue weighted by Gasteiger charge is 2.19. The van der Waals surface area contributed by atoms with Gasteiger partial charge in [0.1, 0.15) is 65.0 Å². The van der Waals surface area contributed by atoms with Crippen molar-refractivity contribution in [3.05, 3.63) is 144 Å². The molecule has 0 aliphatic heterocycles. The van der Waals surface area contributed by atoms with Crippen molar-refractivity contribution in [3.63, 3.8) is 0 Å². The number of fused-ring (bicyclic) bond motifs is 2. The van der Waals surface area contributed by atoms with Gasteiger partial charge in [0.2, 0.25) is 0 Å². The monoisotopic (exact) mass is 822 g/mol. The van der Waals surface area contributed by atoms with Crippen LogP contribution in [0.5, 0.6) is 46.0 Å². The first kappa shape index (κ1) is 41.2. The molecule has 0 bridgehead atoms. The molecule has 15 nitrogen and oxygen atoms in total. The van der Waals surface area contributed by atoms with Crippen LogP contribution in [0.25, 0.3) is 21.5 Å². The van der Waals surface area contributed by atoms with Gasteiger partial charge in [0.15, 0.2) is 22.9 Å². The summed E-state index contributed by atoms with van der Waals surface area (Å²) in [5.74, 6) is -4.79. The van der Waals surface area contributed by atoms with Gasteiger partial charge < -0.3 is 45.3 Å². The number of pyridine rings is 2. The van der Waals surface area contributed by atoms with Gasteiger partial charge in [-0.1, -0.05) is 0 Å². The molecule has 5 aromatic carbocycles. The molecule has 2 amide bonds. The zero-order valence-electron chi connectivity index (χ0n) is 30.6. The lowest BCUT2D eigenvalue weighted by Gasteiger charge is -2.10. The lowest BCUT2D eigenvalue weighted by molar-refractivity contribution is -0.136. The van der Waals surface area contributed by atoms with Crippen molar-refractivity contribution in [2.45, 2.75) is 0 Å². The van der Waals surface area contributed by atoms with E-state index < -0.39 is 54.2 Å². The third-order valence-corrected chi connectivity index (χ3v) is 8.08. The Morgan fingerprint density at radius 2 is 0.917 bits per heavy atom. The molecule has 60 heavy (non-hydrogen) atoms. The number of carbonyl (C=O) groups excluding carboxylic acids is 2. The molecule has 0 saturated heterocycles. The molecule has 0 radical (unpaired) electrons. The topological polar surface area (TPSA) is 227 Å². The van der Waals surface area contributed by atoms with Gasteiger partial charge in [0.25, 0.3) is 11.8 Å². The lowest BCUT2D eigenvalue weighted by atomic mass is 10.1. The largest absolute Gasteiger partial charge is 0.505 e. The predicted molar refractivity (Wildman–Crippen MR) is 206 cm³/mol. The Kier molecular flexibility index (Phi) is 12.5. The molecular weight excluding hydrogens is 793 g/mol. The van der Waals surface area contributed by atoms with Crippen molar-refractivity contribution in [1.29, 1.82) is 0 Å². The number of nitrogens with one attached hydrogen (secondary N) is 2. The molecule has 7 rings (SSSR count). The Hall–Kier alpha value is -8.41. The highest BCUT2D eigenvalue weighted by molar-refractivity contribution is 6.03. The minimum Gasteiger partial charge on any atom is -0.505 e. The Morgan fingerprint density at radius 3 is 1.47 bits per heavy atom. The summed E-state index contributed by atoms with van der Waals surface area (Å²) in [6.07, 6.45) is 2.70. The van der Waals surface area contributed by atoms with Crippen molar-refractivity contribution in [2.24, 2.45) is 0 Å². The minimum absolute atomic E-state index is 0.0835. The number of aromatic hydroxyl groups is 2. The van der Waals surface area contributed by atoms with Crippen LogP contribution >= 0.6 is 0 Å². The second-order valence-electron chi connectivity index (χ2n) is 12.4. The zero-order chi connectivity index (χ0) is 42.9. The van der Waals surface area contributed by atoms with Crippen LogP contribution in [-0.4, -0.2) is 67.2 Å². The van der Waals surface area contributed by atoms with Crippen LogP contribution < -0.4 is 24.8 Å². The molecule has 0 spiro atoms. The molecule has 2 aromatic heterocycles. The molecule has 0 atom stereocenters. The smallest absolute Gasteiger partial charge is 0.322 e. The molecule has 304 valence electrons. The number of amides is 2. The van der Waals surface area contributed by atoms with Gasteiger partial charge in [0.05, 0.1) is 0 Å². The molecular formula is C42H29F3N4O11. The van der Waals surface area contributed by atoms with E-state index in [4.69, 9.17) is 24.4 Å². The van der Waals surface area contributed by atoms with E-state index >= 15 is 0 Å². The second kappa shape index (κ2) is 18.2. The van der Waals surface area contributed by atoms with Crippen LogP contribution in [-0.2, 0) is 9.59 Å². The third kappa shape index (κ3) is 10.5. The van der Waals surface area contributed by atoms with Gasteiger partial charge in [-0.25, -0.2) is 23.1 Å². The Bertz CT molecular complexity index is 2730. The molecule has 2 heterocycles. The summed E-state index contributed by atoms with van der Waals surface area (Å²) < 4.78 is 56.4. The van der Waals surface area contributed by atoms with Crippen molar-refractivity contribution >= 4 is 45.3 Å². The molecule has 7 aromatic rings. The molecule has 6 N–H and O–H groups in total. The van der Waals surface area contributed by atoms with E-state index in [-0.39, 0.29) is 39.8 Å². The van der Waals surface area contributed by atoms with Crippen LogP contribution in [0, 0.1) is 17.5 Å². The summed E-state index contributed by atoms with van der Waals surface area (Å²) in [5, 5.41) is 43.8. The van der Waals surface area contributed by atoms with Crippen molar-refractivity contribution < 1.29 is 67.0 Å². The SMILES string of the molecule is O=C(O)CNC(=O)c1ncc2cc(Oc3ccc(Oc4ccc(F)cc4)cc3)ccc2c1O.O=C(O)CNC(=O)c1ncc2ccc(Oc3cc(F)cc(F)c3)cc2c1O. The normalized spacial score (nSPS) is 10.6. The highest BCUT2D eigenvalue weighted by Crippen LogP contribution is 2.34. The van der Waals surface area contributed by atoms with E-state index in [1.54, 1.807) is 42.5 Å². The number of nitrogens with zero attached hydrogens (tertiary/aromatic N) is 2. The minimum atomic E-state index is -1.25. The first-order valence-electron chi connectivity index (χ1n) is 17.3. The fourth-order valence-electron chi connectivity index (χ4n) is 5.37. The zero-order valence-corrected chi connectivity index (χ0v) is 30.6. The van der Waals surface area contributed by atoms with Gasteiger partial charge in [0, 0.05) is 52.1 Å². The van der Waals surface area contributed by atoms with Crippen molar-refractivity contribution in [1.82, 2.24) is 20.6 Å². The summed E-state index contributed by atoms with van der Waals surface area (Å²) in [6.45, 7) is -1.22. The number of rotatable bonds is 12. The van der Waals surface area contributed by atoms with Gasteiger partial charge in [-0.05, 0) is 84.9 Å². The van der Waals surface area contributed by atoms with E-state index in [1.807, 2.05) is 0 Å². The summed E-state index contributed by atoms with van der Waals surface area (Å²) in [7, 11) is 0. The Balaban J connectivity index is 0.000000205. The highest BCUT2D eigenvalue weighted by atomic mass is 19.1. The Morgan fingerprint density at radius 1 is 0.483 bits per heavy atom. The van der Waals surface area contributed by atoms with E-state index in [0.29, 0.717) is 45.2 Å². The number of hydrogen-bond donors (Lipinski definition) is 6. The second-order valence-corrected chi connectivity index (χ2v) is 12.4. The third-order valence-electron chi connectivity index (χ3n) is 8.08. The number of carbonyl (C=O) groups is 4. The molecule has 0 aliphatic carbocycles. The number of aromatic nitrogens is 2. The van der Waals surface area contributed by atoms with E-state index in [1.165, 1.54) is 54.9 Å². The number of halogens is 3. The fraction of sp³-hybridized carbons (Fsp3) is 0.0476. The number of ether oxygens (including phenoxy) is 3. The van der Waals surface area contributed by atoms with Crippen LogP contribution in [0.2, 0.25) is 0 Å². The molecule has 18 heteroatoms. The molecule has 0 fully saturated rings. The lowest BCUT2D eigenvalue weighted by Crippen LogP contribution is -2.29. The number of hydrogen-bond acceptors (Lipinski definition) is 11. The van der Waals surface area contributed by atoms with Crippen LogP contribution in [0.3, 0.4) is 0 Å². The number of aliphatic carboxylic acids is 2. The number of benzene rings is 5. The fourth-order valence-corrected chi connectivity index (χ4v) is 5.37. The first-order chi connectivity index (χ1) is 28.7. The maximum Gasteiger partial charge on any atom is 0.322 e. The molecule has 0 saturated carbocycles. The Labute approximate surface area is 335 Å². The maximum atomic E-state index is 13.3. The van der Waals surface area contributed by atoms with Gasteiger partial charge in [-0.3, -0.25) is 19.2 Å². The summed E-state index contributed by atoms with van der Waals surface area (Å²) in [6, 6.07) is 24.4. The van der Waals surface area contributed by atoms with Gasteiger partial charge >= 0.3 is 11.9 Å². The van der Waals surface area contributed by atoms with E-state index in [0.717, 1.165) is 12.1 Å². The van der Waals surface area contributed by atoms with Crippen molar-refractivity contribution in [2.75, 3.05) is 13.1 Å². The van der Waals surface area contributed by atoms with Crippen molar-refractivity contribution in [3.8, 4) is 46.0 Å². The van der Waals surface area contributed by atoms with Crippen LogP contribution in [0.4, 0.5) is 13.2 Å². The number of carboxylic acids is 2. The summed E-state index contributed by atoms with van der Waals surface area (Å²) >= 11 is 0. The average Bonchev–Trinajstić information content (AvgIpc) is 3.21. The standard InChI is InChI=1S/C24H17FN2O6.C18H12F2N2O5/c25-15-1-3-16(4-2-15)32-17-5-7-18(8-6-17)33-19-9-10-20-14(11-19)12-26-22(23(20)30)24(31)27-13-21(28)29;19-10-3-11(20)5-13(4-10)27-12-2-1-9-7-21-16(17(25)14(9)6-12)18(26)22-8-15(23)24/h1-12,30H,13H2,(H,27,31)(H,28,29);1-7,25H,8H2,(H,22,26)(H,23,24). The molecule has 0 aliphatic rings. The quantitative estimate of drug-likeness (QED) is 0.0712. The summed E-state index contributed by atoms with van der Waals surface area (Å²) in [5.41, 5.74) is -0.633. The van der Waals surface area contributed by atoms with E-state index in [2.05, 4.69) is 20.6 Å². The van der Waals surface area contributed by atoms with Gasteiger partial charge in [-0.2, -0.15) is 0 Å². The average molecular weight is 823 g/mol. The maximum absolute atomic E-state index is 13.3. The number of carboxylic acid groups (broad SMARTS) is 2.